The van der Waals surface area contributed by atoms with Gasteiger partial charge in [-0.05, 0) is 30.4 Å². The maximum absolute atomic E-state index is 12.7. The van der Waals surface area contributed by atoms with Gasteiger partial charge in [-0.15, -0.1) is 0 Å². The van der Waals surface area contributed by atoms with Gasteiger partial charge in [0.1, 0.15) is 0 Å². The fraction of sp³-hybridized carbons (Fsp3) is 0.538. The van der Waals surface area contributed by atoms with Crippen LogP contribution in [0.1, 0.15) is 37.8 Å². The maximum atomic E-state index is 12.7. The molecule has 0 bridgehead atoms. The summed E-state index contributed by atoms with van der Waals surface area (Å²) in [5.41, 5.74) is -0.0754. The highest BCUT2D eigenvalue weighted by atomic mass is 19.4. The quantitative estimate of drug-likeness (QED) is 0.704. The molecule has 0 saturated carbocycles. The van der Waals surface area contributed by atoms with E-state index in [-0.39, 0.29) is 0 Å². The molecule has 1 aromatic rings. The zero-order chi connectivity index (χ0) is 12.2. The molecule has 1 atom stereocenters. The Morgan fingerprint density at radius 2 is 1.81 bits per heavy atom. The maximum Gasteiger partial charge on any atom is 0.416 e. The highest BCUT2D eigenvalue weighted by Crippen LogP contribution is 2.32. The van der Waals surface area contributed by atoms with Crippen LogP contribution in [-0.2, 0) is 12.6 Å². The predicted molar refractivity (Wildman–Crippen MR) is 59.2 cm³/mol. The summed E-state index contributed by atoms with van der Waals surface area (Å²) >= 11 is 0. The summed E-state index contributed by atoms with van der Waals surface area (Å²) < 4.78 is 38.0. The van der Waals surface area contributed by atoms with E-state index in [1.165, 1.54) is 6.07 Å². The smallest absolute Gasteiger partial charge is 0.166 e. The number of benzene rings is 1. The molecule has 0 N–H and O–H groups in total. The normalized spacial score (nSPS) is 13.8. The number of hydrogen-bond donors (Lipinski definition) is 0. The van der Waals surface area contributed by atoms with Crippen molar-refractivity contribution in [1.29, 1.82) is 0 Å². The van der Waals surface area contributed by atoms with Crippen LogP contribution in [0.25, 0.3) is 0 Å². The molecule has 0 amide bonds. The molecule has 1 unspecified atom stereocenters. The van der Waals surface area contributed by atoms with Gasteiger partial charge >= 0.3 is 6.18 Å². The van der Waals surface area contributed by atoms with E-state index in [4.69, 9.17) is 0 Å². The second-order valence-electron chi connectivity index (χ2n) is 4.21. The Morgan fingerprint density at radius 1 is 1.19 bits per heavy atom. The molecule has 0 radical (unpaired) electrons. The lowest BCUT2D eigenvalue weighted by atomic mass is 9.96. The Bertz CT molecular complexity index is 328. The Labute approximate surface area is 94.5 Å². The van der Waals surface area contributed by atoms with Gasteiger partial charge in [0.15, 0.2) is 0 Å². The molecule has 1 aromatic carbocycles. The lowest BCUT2D eigenvalue weighted by Crippen LogP contribution is -2.09. The van der Waals surface area contributed by atoms with E-state index in [0.717, 1.165) is 18.9 Å². The molecule has 0 aliphatic rings. The molecule has 0 fully saturated rings. The SMILES string of the molecule is CCC(C)CCc1ccccc1C(F)(F)F. The van der Waals surface area contributed by atoms with Crippen molar-refractivity contribution in [2.75, 3.05) is 0 Å². The van der Waals surface area contributed by atoms with E-state index in [9.17, 15) is 13.2 Å². The molecule has 0 heterocycles. The third-order valence-electron chi connectivity index (χ3n) is 2.93. The number of halogens is 3. The van der Waals surface area contributed by atoms with E-state index >= 15 is 0 Å². The summed E-state index contributed by atoms with van der Waals surface area (Å²) in [6.07, 6.45) is -1.91. The highest BCUT2D eigenvalue weighted by molar-refractivity contribution is 5.29. The minimum absolute atomic E-state index is 0.412. The van der Waals surface area contributed by atoms with Gasteiger partial charge < -0.3 is 0 Å². The van der Waals surface area contributed by atoms with E-state index in [1.807, 2.05) is 0 Å². The molecule has 3 heteroatoms. The average Bonchev–Trinajstić information content (AvgIpc) is 2.25. The van der Waals surface area contributed by atoms with Crippen molar-refractivity contribution in [2.24, 2.45) is 5.92 Å². The molecular weight excluding hydrogens is 213 g/mol. The second-order valence-corrected chi connectivity index (χ2v) is 4.21. The number of alkyl halides is 3. The van der Waals surface area contributed by atoms with Gasteiger partial charge in [0.25, 0.3) is 0 Å². The third-order valence-corrected chi connectivity index (χ3v) is 2.93. The first-order valence-corrected chi connectivity index (χ1v) is 5.60. The summed E-state index contributed by atoms with van der Waals surface area (Å²) in [4.78, 5) is 0. The van der Waals surface area contributed by atoms with Crippen molar-refractivity contribution >= 4 is 0 Å². The van der Waals surface area contributed by atoms with Gasteiger partial charge in [-0.2, -0.15) is 13.2 Å². The summed E-state index contributed by atoms with van der Waals surface area (Å²) in [7, 11) is 0. The van der Waals surface area contributed by atoms with Gasteiger partial charge in [0.2, 0.25) is 0 Å². The van der Waals surface area contributed by atoms with Crippen molar-refractivity contribution in [3.63, 3.8) is 0 Å². The molecule has 0 aliphatic carbocycles. The second kappa shape index (κ2) is 5.37. The molecule has 0 saturated heterocycles. The summed E-state index contributed by atoms with van der Waals surface area (Å²) in [5, 5.41) is 0. The molecule has 0 aromatic heterocycles. The van der Waals surface area contributed by atoms with Crippen LogP contribution in [0, 0.1) is 5.92 Å². The van der Waals surface area contributed by atoms with Crippen molar-refractivity contribution < 1.29 is 13.2 Å². The minimum Gasteiger partial charge on any atom is -0.166 e. The standard InChI is InChI=1S/C13H17F3/c1-3-10(2)8-9-11-6-4-5-7-12(11)13(14,15)16/h4-7,10H,3,8-9H2,1-2H3. The minimum atomic E-state index is -4.23. The topological polar surface area (TPSA) is 0 Å². The van der Waals surface area contributed by atoms with Gasteiger partial charge in [0.05, 0.1) is 5.56 Å². The Hall–Kier alpha value is -0.990. The first-order chi connectivity index (χ1) is 7.45. The number of aryl methyl sites for hydroxylation is 1. The van der Waals surface area contributed by atoms with Gasteiger partial charge in [-0.1, -0.05) is 38.5 Å². The summed E-state index contributed by atoms with van der Waals surface area (Å²) in [5.74, 6) is 0.473. The van der Waals surface area contributed by atoms with E-state index in [1.54, 1.807) is 12.1 Å². The van der Waals surface area contributed by atoms with Gasteiger partial charge in [0, 0.05) is 0 Å². The van der Waals surface area contributed by atoms with Crippen LogP contribution < -0.4 is 0 Å². The molecule has 1 rings (SSSR count). The Balaban J connectivity index is 2.80. The fourth-order valence-electron chi connectivity index (χ4n) is 1.62. The van der Waals surface area contributed by atoms with Crippen LogP contribution in [0.15, 0.2) is 24.3 Å². The molecule has 90 valence electrons. The predicted octanol–water partition coefficient (Wildman–Crippen LogP) is 4.68. The van der Waals surface area contributed by atoms with Crippen molar-refractivity contribution in [3.05, 3.63) is 35.4 Å². The van der Waals surface area contributed by atoms with Crippen molar-refractivity contribution in [2.45, 2.75) is 39.3 Å². The zero-order valence-corrected chi connectivity index (χ0v) is 9.64. The summed E-state index contributed by atoms with van der Waals surface area (Å²) in [6.45, 7) is 4.12. The monoisotopic (exact) mass is 230 g/mol. The van der Waals surface area contributed by atoms with Crippen molar-refractivity contribution in [3.8, 4) is 0 Å². The van der Waals surface area contributed by atoms with Gasteiger partial charge in [-0.3, -0.25) is 0 Å². The molecule has 0 aliphatic heterocycles. The lowest BCUT2D eigenvalue weighted by molar-refractivity contribution is -0.138. The first-order valence-electron chi connectivity index (χ1n) is 5.60. The van der Waals surface area contributed by atoms with Crippen LogP contribution in [0.4, 0.5) is 13.2 Å². The molecule has 0 nitrogen and oxygen atoms in total. The average molecular weight is 230 g/mol. The Kier molecular flexibility index (Phi) is 4.39. The Morgan fingerprint density at radius 3 is 2.38 bits per heavy atom. The van der Waals surface area contributed by atoms with Crippen molar-refractivity contribution in [1.82, 2.24) is 0 Å². The highest BCUT2D eigenvalue weighted by Gasteiger charge is 2.32. The third kappa shape index (κ3) is 3.54. The summed E-state index contributed by atoms with van der Waals surface area (Å²) in [6, 6.07) is 5.84. The first kappa shape index (κ1) is 13.1. The lowest BCUT2D eigenvalue weighted by Gasteiger charge is -2.14. The van der Waals surface area contributed by atoms with E-state index in [2.05, 4.69) is 13.8 Å². The van der Waals surface area contributed by atoms with Crippen LogP contribution >= 0.6 is 0 Å². The van der Waals surface area contributed by atoms with Gasteiger partial charge in [-0.25, -0.2) is 0 Å². The van der Waals surface area contributed by atoms with E-state index in [0.29, 0.717) is 17.9 Å². The van der Waals surface area contributed by atoms with E-state index < -0.39 is 11.7 Å². The zero-order valence-electron chi connectivity index (χ0n) is 9.64. The molecular formula is C13H17F3. The molecule has 16 heavy (non-hydrogen) atoms. The van der Waals surface area contributed by atoms with Crippen LogP contribution in [0.2, 0.25) is 0 Å². The fourth-order valence-corrected chi connectivity index (χ4v) is 1.62. The van der Waals surface area contributed by atoms with Crippen LogP contribution in [-0.4, -0.2) is 0 Å². The number of hydrogen-bond acceptors (Lipinski definition) is 0. The van der Waals surface area contributed by atoms with Crippen LogP contribution in [0.3, 0.4) is 0 Å². The molecule has 0 spiro atoms. The largest absolute Gasteiger partial charge is 0.416 e. The number of rotatable bonds is 4. The van der Waals surface area contributed by atoms with Crippen LogP contribution in [0.5, 0.6) is 0 Å².